The minimum atomic E-state index is -4.42. The Hall–Kier alpha value is -3.94. The number of imidazole rings is 1. The summed E-state index contributed by atoms with van der Waals surface area (Å²) in [5.74, 6) is 1.58. The first-order valence-electron chi connectivity index (χ1n) is 14.7. The van der Waals surface area contributed by atoms with Crippen LogP contribution in [0, 0.1) is 11.8 Å². The molecule has 4 heterocycles. The van der Waals surface area contributed by atoms with E-state index < -0.39 is 17.5 Å². The normalized spacial score (nSPS) is 19.0. The summed E-state index contributed by atoms with van der Waals surface area (Å²) in [6.07, 6.45) is 1.21. The number of H-pyrrole nitrogens is 1. The predicted molar refractivity (Wildman–Crippen MR) is 156 cm³/mol. The van der Waals surface area contributed by atoms with Crippen LogP contribution in [0.25, 0.3) is 22.8 Å². The zero-order valence-corrected chi connectivity index (χ0v) is 24.5. The Morgan fingerprint density at radius 1 is 1.14 bits per heavy atom. The standard InChI is InChI=1S/C29H36F3N9O2/c1-17(20-7-4-8-20)33-23-22-24(35-25(34-23)26-37-28(42)43-38-26)36-27(40(3)15-19-6-5-13-39(2)14-19)41(22)16-18-9-11-21(12-10-18)29(30,31)32/h9-12,17,19-20H,4-8,13-16H2,1-3H3,(H,33,34,35)(H,37,38,42)/t17-,19?/m1/s1. The largest absolute Gasteiger partial charge is 0.439 e. The van der Waals surface area contributed by atoms with E-state index in [0.29, 0.717) is 40.3 Å². The fraction of sp³-hybridized carbons (Fsp3) is 0.552. The van der Waals surface area contributed by atoms with Gasteiger partial charge in [0.2, 0.25) is 17.6 Å². The average Bonchev–Trinajstić information content (AvgIpc) is 3.51. The number of piperidine rings is 1. The number of fused-ring (bicyclic) bond motifs is 1. The molecule has 6 rings (SSSR count). The summed E-state index contributed by atoms with van der Waals surface area (Å²) in [7, 11) is 4.10. The van der Waals surface area contributed by atoms with Crippen molar-refractivity contribution in [3.05, 3.63) is 45.9 Å². The third kappa shape index (κ3) is 6.24. The van der Waals surface area contributed by atoms with Gasteiger partial charge in [-0.15, -0.1) is 0 Å². The molecule has 0 radical (unpaired) electrons. The zero-order chi connectivity index (χ0) is 30.3. The second-order valence-corrected chi connectivity index (χ2v) is 12.0. The summed E-state index contributed by atoms with van der Waals surface area (Å²) in [6.45, 7) is 5.16. The van der Waals surface area contributed by atoms with Crippen LogP contribution in [-0.2, 0) is 12.7 Å². The summed E-state index contributed by atoms with van der Waals surface area (Å²) in [4.78, 5) is 33.0. The number of benzene rings is 1. The lowest BCUT2D eigenvalue weighted by Crippen LogP contribution is -2.38. The molecule has 230 valence electrons. The van der Waals surface area contributed by atoms with Gasteiger partial charge in [-0.05, 0) is 75.7 Å². The molecule has 1 aliphatic heterocycles. The van der Waals surface area contributed by atoms with E-state index >= 15 is 0 Å². The van der Waals surface area contributed by atoms with E-state index in [1.54, 1.807) is 0 Å². The van der Waals surface area contributed by atoms with Gasteiger partial charge in [-0.3, -0.25) is 9.51 Å². The van der Waals surface area contributed by atoms with Crippen molar-refractivity contribution < 1.29 is 17.7 Å². The lowest BCUT2D eigenvalue weighted by molar-refractivity contribution is -0.137. The third-order valence-electron chi connectivity index (χ3n) is 8.67. The van der Waals surface area contributed by atoms with E-state index in [-0.39, 0.29) is 24.2 Å². The maximum atomic E-state index is 13.3. The van der Waals surface area contributed by atoms with Crippen LogP contribution in [0.2, 0.25) is 0 Å². The molecule has 14 heteroatoms. The summed E-state index contributed by atoms with van der Waals surface area (Å²) < 4.78 is 46.6. The molecule has 2 aliphatic rings. The fourth-order valence-electron chi connectivity index (χ4n) is 6.14. The first-order chi connectivity index (χ1) is 20.5. The Morgan fingerprint density at radius 2 is 1.91 bits per heavy atom. The fourth-order valence-corrected chi connectivity index (χ4v) is 6.14. The molecule has 2 fully saturated rings. The van der Waals surface area contributed by atoms with Crippen LogP contribution >= 0.6 is 0 Å². The number of anilines is 2. The van der Waals surface area contributed by atoms with Crippen molar-refractivity contribution >= 4 is 22.9 Å². The van der Waals surface area contributed by atoms with E-state index in [1.165, 1.54) is 18.6 Å². The van der Waals surface area contributed by atoms with Crippen molar-refractivity contribution in [1.82, 2.24) is 34.6 Å². The number of nitrogens with one attached hydrogen (secondary N) is 2. The number of aromatic nitrogens is 6. The Balaban J connectivity index is 1.45. The topological polar surface area (TPSA) is 121 Å². The van der Waals surface area contributed by atoms with Gasteiger partial charge in [0.25, 0.3) is 0 Å². The van der Waals surface area contributed by atoms with Gasteiger partial charge in [0.1, 0.15) is 5.52 Å². The molecule has 43 heavy (non-hydrogen) atoms. The van der Waals surface area contributed by atoms with E-state index in [4.69, 9.17) is 14.5 Å². The van der Waals surface area contributed by atoms with Crippen molar-refractivity contribution in [3.63, 3.8) is 0 Å². The highest BCUT2D eigenvalue weighted by molar-refractivity contribution is 5.87. The minimum absolute atomic E-state index is 0.0867. The van der Waals surface area contributed by atoms with Gasteiger partial charge < -0.3 is 19.7 Å². The molecule has 3 aromatic heterocycles. The first kappa shape index (κ1) is 29.1. The molecule has 1 saturated heterocycles. The van der Waals surface area contributed by atoms with E-state index in [9.17, 15) is 18.0 Å². The highest BCUT2D eigenvalue weighted by Gasteiger charge is 2.31. The second kappa shape index (κ2) is 11.6. The van der Waals surface area contributed by atoms with Gasteiger partial charge in [0.15, 0.2) is 11.5 Å². The van der Waals surface area contributed by atoms with E-state index in [2.05, 4.69) is 44.2 Å². The first-order valence-corrected chi connectivity index (χ1v) is 14.7. The van der Waals surface area contributed by atoms with Crippen molar-refractivity contribution in [3.8, 4) is 11.6 Å². The van der Waals surface area contributed by atoms with Crippen LogP contribution in [0.5, 0.6) is 0 Å². The number of aromatic amines is 1. The van der Waals surface area contributed by atoms with Gasteiger partial charge in [0.05, 0.1) is 12.1 Å². The van der Waals surface area contributed by atoms with Crippen molar-refractivity contribution in [2.75, 3.05) is 43.9 Å². The van der Waals surface area contributed by atoms with Gasteiger partial charge in [-0.2, -0.15) is 18.2 Å². The number of likely N-dealkylation sites (tertiary alicyclic amines) is 1. The summed E-state index contributed by atoms with van der Waals surface area (Å²) in [5.41, 5.74) is 0.994. The monoisotopic (exact) mass is 599 g/mol. The Bertz CT molecular complexity index is 1620. The Labute approximate surface area is 246 Å². The van der Waals surface area contributed by atoms with Crippen LogP contribution in [0.4, 0.5) is 24.9 Å². The number of nitrogens with zero attached hydrogens (tertiary/aromatic N) is 7. The van der Waals surface area contributed by atoms with Crippen molar-refractivity contribution in [1.29, 1.82) is 0 Å². The molecule has 4 aromatic rings. The zero-order valence-electron chi connectivity index (χ0n) is 24.5. The molecule has 1 saturated carbocycles. The number of hydrogen-bond acceptors (Lipinski definition) is 9. The van der Waals surface area contributed by atoms with Crippen LogP contribution in [-0.4, -0.2) is 74.3 Å². The maximum Gasteiger partial charge on any atom is 0.439 e. The molecule has 0 amide bonds. The molecule has 1 aliphatic carbocycles. The third-order valence-corrected chi connectivity index (χ3v) is 8.67. The maximum absolute atomic E-state index is 13.3. The average molecular weight is 600 g/mol. The molecule has 1 aromatic carbocycles. The van der Waals surface area contributed by atoms with Gasteiger partial charge in [-0.25, -0.2) is 14.8 Å². The van der Waals surface area contributed by atoms with Crippen LogP contribution in [0.3, 0.4) is 0 Å². The molecule has 0 bridgehead atoms. The molecule has 2 atom stereocenters. The van der Waals surface area contributed by atoms with Gasteiger partial charge >= 0.3 is 11.9 Å². The number of hydrogen-bond donors (Lipinski definition) is 2. The Morgan fingerprint density at radius 3 is 2.53 bits per heavy atom. The van der Waals surface area contributed by atoms with Crippen molar-refractivity contribution in [2.45, 2.75) is 57.8 Å². The van der Waals surface area contributed by atoms with Crippen molar-refractivity contribution in [2.24, 2.45) is 11.8 Å². The Kier molecular flexibility index (Phi) is 7.88. The highest BCUT2D eigenvalue weighted by atomic mass is 19.4. The quantitative estimate of drug-likeness (QED) is 0.284. The molecule has 0 spiro atoms. The van der Waals surface area contributed by atoms with E-state index in [0.717, 1.165) is 57.5 Å². The van der Waals surface area contributed by atoms with Gasteiger partial charge in [0, 0.05) is 26.2 Å². The molecular weight excluding hydrogens is 563 g/mol. The summed E-state index contributed by atoms with van der Waals surface area (Å²) in [5, 5.41) is 7.34. The lowest BCUT2D eigenvalue weighted by Gasteiger charge is -2.33. The number of halogens is 3. The molecular formula is C29H36F3N9O2. The molecule has 11 nitrogen and oxygen atoms in total. The highest BCUT2D eigenvalue weighted by Crippen LogP contribution is 2.35. The smallest absolute Gasteiger partial charge is 0.365 e. The number of alkyl halides is 3. The second-order valence-electron chi connectivity index (χ2n) is 12.0. The van der Waals surface area contributed by atoms with Crippen LogP contribution in [0.15, 0.2) is 33.6 Å². The van der Waals surface area contributed by atoms with Gasteiger partial charge in [-0.1, -0.05) is 23.7 Å². The SMILES string of the molecule is C[C@@H](Nc1nc(-c2noc(=O)[nH]2)nc2nc(N(C)CC3CCCN(C)C3)n(Cc3ccc(C(F)(F)F)cc3)c12)C1CCC1. The lowest BCUT2D eigenvalue weighted by atomic mass is 9.80. The van der Waals surface area contributed by atoms with Crippen LogP contribution in [0.1, 0.15) is 50.2 Å². The number of rotatable bonds is 9. The summed E-state index contributed by atoms with van der Waals surface area (Å²) >= 11 is 0. The van der Waals surface area contributed by atoms with Crippen LogP contribution < -0.4 is 16.0 Å². The summed E-state index contributed by atoms with van der Waals surface area (Å²) in [6, 6.07) is 5.29. The molecule has 2 N–H and O–H groups in total. The molecule has 1 unspecified atom stereocenters. The minimum Gasteiger partial charge on any atom is -0.365 e. The predicted octanol–water partition coefficient (Wildman–Crippen LogP) is 4.62. The van der Waals surface area contributed by atoms with E-state index in [1.807, 2.05) is 11.6 Å².